The average molecular weight is 442 g/mol. The van der Waals surface area contributed by atoms with Crippen molar-refractivity contribution in [1.82, 2.24) is 14.9 Å². The number of nitrogens with zero attached hydrogens (tertiary/aromatic N) is 2. The lowest BCUT2D eigenvalue weighted by atomic mass is 10.0. The first kappa shape index (κ1) is 22.3. The second-order valence-electron chi connectivity index (χ2n) is 8.09. The summed E-state index contributed by atoms with van der Waals surface area (Å²) < 4.78 is 5.49. The summed E-state index contributed by atoms with van der Waals surface area (Å²) in [4.78, 5) is 35.3. The highest BCUT2D eigenvalue weighted by atomic mass is 16.5. The molecule has 0 saturated heterocycles. The number of ether oxygens (including phenoxy) is 1. The molecule has 2 aromatic heterocycles. The number of aromatic amines is 1. The van der Waals surface area contributed by atoms with Crippen LogP contribution in [0.3, 0.4) is 0 Å². The van der Waals surface area contributed by atoms with E-state index in [0.717, 1.165) is 27.6 Å². The maximum Gasteiger partial charge on any atom is 0.254 e. The summed E-state index contributed by atoms with van der Waals surface area (Å²) >= 11 is 0. The van der Waals surface area contributed by atoms with E-state index in [0.29, 0.717) is 30.0 Å². The Morgan fingerprint density at radius 3 is 2.48 bits per heavy atom. The fourth-order valence-corrected chi connectivity index (χ4v) is 3.90. The number of carbonyl (C=O) groups is 1. The number of amides is 1. The standard InChI is InChI=1S/C27H27N3O3/c1-4-33-23-11-9-21(10-12-23)27(32)30(16-20-6-5-13-28-15-20)17-22-14-24-18(2)7-8-19(3)25(24)29-26(22)31/h5-15H,4,16-17H2,1-3H3,(H,29,31). The van der Waals surface area contributed by atoms with E-state index in [9.17, 15) is 9.59 Å². The number of aromatic nitrogens is 2. The molecule has 6 heteroatoms. The van der Waals surface area contributed by atoms with Crippen LogP contribution in [0.1, 0.15) is 39.5 Å². The van der Waals surface area contributed by atoms with Gasteiger partial charge < -0.3 is 14.6 Å². The number of carbonyl (C=O) groups excluding carboxylic acids is 1. The minimum Gasteiger partial charge on any atom is -0.494 e. The van der Waals surface area contributed by atoms with Crippen LogP contribution in [0.25, 0.3) is 10.9 Å². The third kappa shape index (κ3) is 4.95. The van der Waals surface area contributed by atoms with Crippen molar-refractivity contribution in [3.05, 3.63) is 105 Å². The van der Waals surface area contributed by atoms with Gasteiger partial charge in [0.25, 0.3) is 11.5 Å². The van der Waals surface area contributed by atoms with Crippen molar-refractivity contribution in [2.24, 2.45) is 0 Å². The Bertz CT molecular complexity index is 1330. The summed E-state index contributed by atoms with van der Waals surface area (Å²) in [7, 11) is 0. The Morgan fingerprint density at radius 2 is 1.79 bits per heavy atom. The molecule has 2 heterocycles. The maximum absolute atomic E-state index is 13.5. The fourth-order valence-electron chi connectivity index (χ4n) is 3.90. The van der Waals surface area contributed by atoms with Crippen LogP contribution >= 0.6 is 0 Å². The summed E-state index contributed by atoms with van der Waals surface area (Å²) in [6.45, 7) is 6.98. The first-order valence-corrected chi connectivity index (χ1v) is 11.0. The van der Waals surface area contributed by atoms with Crippen LogP contribution in [0.5, 0.6) is 5.75 Å². The predicted octanol–water partition coefficient (Wildman–Crippen LogP) is 4.78. The molecule has 168 valence electrons. The SMILES string of the molecule is CCOc1ccc(C(=O)N(Cc2cccnc2)Cc2cc3c(C)ccc(C)c3[nH]c2=O)cc1. The van der Waals surface area contributed by atoms with Crippen molar-refractivity contribution in [2.75, 3.05) is 6.61 Å². The molecule has 1 N–H and O–H groups in total. The first-order chi connectivity index (χ1) is 16.0. The number of hydrogen-bond acceptors (Lipinski definition) is 4. The van der Waals surface area contributed by atoms with Crippen molar-refractivity contribution in [2.45, 2.75) is 33.9 Å². The molecule has 0 radical (unpaired) electrons. The van der Waals surface area contributed by atoms with E-state index in [-0.39, 0.29) is 18.0 Å². The number of H-pyrrole nitrogens is 1. The topological polar surface area (TPSA) is 75.3 Å². The maximum atomic E-state index is 13.5. The van der Waals surface area contributed by atoms with Gasteiger partial charge in [-0.3, -0.25) is 14.6 Å². The number of fused-ring (bicyclic) bond motifs is 1. The van der Waals surface area contributed by atoms with Crippen molar-refractivity contribution >= 4 is 16.8 Å². The lowest BCUT2D eigenvalue weighted by molar-refractivity contribution is 0.0729. The number of aryl methyl sites for hydroxylation is 2. The number of hydrogen-bond donors (Lipinski definition) is 1. The molecule has 1 amide bonds. The smallest absolute Gasteiger partial charge is 0.254 e. The Morgan fingerprint density at radius 1 is 1.03 bits per heavy atom. The van der Waals surface area contributed by atoms with E-state index in [1.165, 1.54) is 0 Å². The van der Waals surface area contributed by atoms with Crippen molar-refractivity contribution in [3.8, 4) is 5.75 Å². The van der Waals surface area contributed by atoms with Gasteiger partial charge in [-0.05, 0) is 73.9 Å². The van der Waals surface area contributed by atoms with E-state index in [1.807, 2.05) is 51.1 Å². The lowest BCUT2D eigenvalue weighted by Crippen LogP contribution is -2.32. The molecule has 0 aliphatic rings. The zero-order chi connectivity index (χ0) is 23.4. The summed E-state index contributed by atoms with van der Waals surface area (Å²) in [6.07, 6.45) is 3.43. The number of nitrogens with one attached hydrogen (secondary N) is 1. The monoisotopic (exact) mass is 441 g/mol. The van der Waals surface area contributed by atoms with Gasteiger partial charge in [0.15, 0.2) is 0 Å². The van der Waals surface area contributed by atoms with Crippen LogP contribution in [0.2, 0.25) is 0 Å². The van der Waals surface area contributed by atoms with Crippen molar-refractivity contribution in [3.63, 3.8) is 0 Å². The van der Waals surface area contributed by atoms with Gasteiger partial charge in [-0.2, -0.15) is 0 Å². The van der Waals surface area contributed by atoms with Crippen molar-refractivity contribution in [1.29, 1.82) is 0 Å². The van der Waals surface area contributed by atoms with Gasteiger partial charge in [0.05, 0.1) is 18.7 Å². The molecule has 0 aliphatic carbocycles. The first-order valence-electron chi connectivity index (χ1n) is 11.0. The average Bonchev–Trinajstić information content (AvgIpc) is 2.83. The summed E-state index contributed by atoms with van der Waals surface area (Å²) in [5.41, 5.74) is 4.70. The van der Waals surface area contributed by atoms with Crippen LogP contribution < -0.4 is 10.3 Å². The Balaban J connectivity index is 1.71. The molecule has 2 aromatic carbocycles. The molecule has 6 nitrogen and oxygen atoms in total. The van der Waals surface area contributed by atoms with Crippen LogP contribution in [0.4, 0.5) is 0 Å². The molecule has 4 aromatic rings. The molecular weight excluding hydrogens is 414 g/mol. The third-order valence-corrected chi connectivity index (χ3v) is 5.68. The molecule has 0 aliphatic heterocycles. The number of benzene rings is 2. The number of rotatable bonds is 7. The molecule has 4 rings (SSSR count). The second kappa shape index (κ2) is 9.69. The fraction of sp³-hybridized carbons (Fsp3) is 0.222. The van der Waals surface area contributed by atoms with E-state index < -0.39 is 0 Å². The van der Waals surface area contributed by atoms with E-state index >= 15 is 0 Å². The van der Waals surface area contributed by atoms with Crippen molar-refractivity contribution < 1.29 is 9.53 Å². The van der Waals surface area contributed by atoms with Gasteiger partial charge >= 0.3 is 0 Å². The largest absolute Gasteiger partial charge is 0.494 e. The van der Waals surface area contributed by atoms with E-state index in [4.69, 9.17) is 4.74 Å². The predicted molar refractivity (Wildman–Crippen MR) is 129 cm³/mol. The Hall–Kier alpha value is -3.93. The van der Waals surface area contributed by atoms with Gasteiger partial charge in [0.2, 0.25) is 0 Å². The molecule has 0 fully saturated rings. The minimum atomic E-state index is -0.188. The van der Waals surface area contributed by atoms with Gasteiger partial charge in [-0.1, -0.05) is 18.2 Å². The molecular formula is C27H27N3O3. The minimum absolute atomic E-state index is 0.164. The quantitative estimate of drug-likeness (QED) is 0.448. The van der Waals surface area contributed by atoms with Crippen LogP contribution in [0, 0.1) is 13.8 Å². The molecule has 0 saturated carbocycles. The lowest BCUT2D eigenvalue weighted by Gasteiger charge is -2.23. The molecule has 33 heavy (non-hydrogen) atoms. The van der Waals surface area contributed by atoms with Gasteiger partial charge in [0.1, 0.15) is 5.75 Å². The Kier molecular flexibility index (Phi) is 6.54. The molecule has 0 unspecified atom stereocenters. The molecule has 0 bridgehead atoms. The second-order valence-corrected chi connectivity index (χ2v) is 8.09. The highest BCUT2D eigenvalue weighted by Crippen LogP contribution is 2.21. The van der Waals surface area contributed by atoms with Crippen LogP contribution in [-0.4, -0.2) is 27.4 Å². The number of pyridine rings is 2. The highest BCUT2D eigenvalue weighted by Gasteiger charge is 2.19. The van der Waals surface area contributed by atoms with Gasteiger partial charge in [0, 0.05) is 35.5 Å². The van der Waals surface area contributed by atoms with E-state index in [1.54, 1.807) is 41.6 Å². The summed E-state index contributed by atoms with van der Waals surface area (Å²) in [5.74, 6) is 0.548. The third-order valence-electron chi connectivity index (χ3n) is 5.68. The summed E-state index contributed by atoms with van der Waals surface area (Å²) in [5, 5.41) is 0.986. The van der Waals surface area contributed by atoms with E-state index in [2.05, 4.69) is 9.97 Å². The Labute approximate surface area is 192 Å². The van der Waals surface area contributed by atoms with Gasteiger partial charge in [-0.25, -0.2) is 0 Å². The highest BCUT2D eigenvalue weighted by molar-refractivity contribution is 5.94. The van der Waals surface area contributed by atoms with Crippen LogP contribution in [-0.2, 0) is 13.1 Å². The summed E-state index contributed by atoms with van der Waals surface area (Å²) in [6, 6.07) is 16.8. The zero-order valence-electron chi connectivity index (χ0n) is 19.1. The molecule has 0 atom stereocenters. The van der Waals surface area contributed by atoms with Gasteiger partial charge in [-0.15, -0.1) is 0 Å². The molecule has 0 spiro atoms. The normalized spacial score (nSPS) is 10.9. The zero-order valence-corrected chi connectivity index (χ0v) is 19.1. The van der Waals surface area contributed by atoms with Crippen LogP contribution in [0.15, 0.2) is 71.8 Å².